The third-order valence-corrected chi connectivity index (χ3v) is 4.80. The number of benzene rings is 1. The molecule has 0 saturated heterocycles. The number of hydrogen-bond acceptors (Lipinski definition) is 4. The number of aliphatic hydroxyl groups excluding tert-OH is 1. The molecule has 5 heterocycles. The summed E-state index contributed by atoms with van der Waals surface area (Å²) < 4.78 is 0. The van der Waals surface area contributed by atoms with Crippen LogP contribution in [0.2, 0.25) is 0 Å². The molecule has 7 heteroatoms. The topological polar surface area (TPSA) is 97.8 Å². The molecule has 2 aliphatic rings. The number of H-pyrrole nitrogens is 2. The van der Waals surface area contributed by atoms with Gasteiger partial charge < -0.3 is 20.2 Å². The molecule has 6 rings (SSSR count). The summed E-state index contributed by atoms with van der Waals surface area (Å²) in [6.07, 6.45) is 8.05. The Bertz CT molecular complexity index is 1370. The van der Waals surface area contributed by atoms with Crippen LogP contribution in [-0.4, -0.2) is 37.3 Å². The van der Waals surface area contributed by atoms with Crippen molar-refractivity contribution in [2.75, 3.05) is 7.11 Å². The number of hydrogen-bond donors (Lipinski definition) is 4. The zero-order valence-corrected chi connectivity index (χ0v) is 21.8. The van der Waals surface area contributed by atoms with Gasteiger partial charge in [-0.3, -0.25) is 0 Å². The summed E-state index contributed by atoms with van der Waals surface area (Å²) in [6.45, 7) is 0. The number of aliphatic hydroxyl groups is 1. The molecule has 8 bridgehead atoms. The van der Waals surface area contributed by atoms with Crippen molar-refractivity contribution in [2.45, 2.75) is 0 Å². The molecule has 0 atom stereocenters. The molecule has 0 saturated carbocycles. The number of aromatic amines is 2. The van der Waals surface area contributed by atoms with E-state index in [9.17, 15) is 0 Å². The molecule has 0 amide bonds. The second-order valence-electron chi connectivity index (χ2n) is 7.24. The van der Waals surface area contributed by atoms with Crippen LogP contribution in [0.15, 0.2) is 78.9 Å². The molecule has 0 unspecified atom stereocenters. The van der Waals surface area contributed by atoms with Gasteiger partial charge in [-0.05, 0) is 85.0 Å². The summed E-state index contributed by atoms with van der Waals surface area (Å²) in [5.74, 6) is 0.322. The van der Waals surface area contributed by atoms with Crippen LogP contribution in [0.4, 0.5) is 0 Å². The maximum Gasteiger partial charge on any atom is 0.115 e. The number of aromatic nitrogens is 4. The third kappa shape index (κ3) is 6.61. The van der Waals surface area contributed by atoms with Gasteiger partial charge in [-0.25, -0.2) is 9.97 Å². The van der Waals surface area contributed by atoms with Gasteiger partial charge in [0.2, 0.25) is 0 Å². The predicted molar refractivity (Wildman–Crippen MR) is 135 cm³/mol. The average Bonchev–Trinajstić information content (AvgIpc) is 3.62. The number of phenols is 1. The van der Waals surface area contributed by atoms with Crippen LogP contribution in [0.5, 0.6) is 5.75 Å². The van der Waals surface area contributed by atoms with Crippen LogP contribution in [0.25, 0.3) is 46.4 Å². The predicted octanol–water partition coefficient (Wildman–Crippen LogP) is 5.65. The van der Waals surface area contributed by atoms with Crippen molar-refractivity contribution >= 4 is 46.4 Å². The zero-order chi connectivity index (χ0) is 23.0. The van der Waals surface area contributed by atoms with Gasteiger partial charge in [0, 0.05) is 48.7 Å². The SMILES string of the molecule is C1=Cc2cc3ccc(cc4ccc(cc5nc(cc1n2)C=C5)[nH]4)[nH]3.CO.Oc1ccccc1.[Zn]. The largest absolute Gasteiger partial charge is 0.508 e. The van der Waals surface area contributed by atoms with Gasteiger partial charge in [-0.15, -0.1) is 0 Å². The molecule has 166 valence electrons. The van der Waals surface area contributed by atoms with Crippen molar-refractivity contribution in [3.05, 3.63) is 102 Å². The molecule has 3 aromatic heterocycles. The number of para-hydroxylation sites is 1. The number of rotatable bonds is 0. The number of nitrogens with zero attached hydrogens (tertiary/aromatic N) is 2. The minimum atomic E-state index is 0. The summed E-state index contributed by atoms with van der Waals surface area (Å²) in [6, 6.07) is 25.1. The van der Waals surface area contributed by atoms with Gasteiger partial charge in [-0.2, -0.15) is 0 Å². The zero-order valence-electron chi connectivity index (χ0n) is 18.8. The first-order chi connectivity index (χ1) is 16.2. The second-order valence-corrected chi connectivity index (χ2v) is 7.24. The van der Waals surface area contributed by atoms with Gasteiger partial charge in [0.15, 0.2) is 0 Å². The Morgan fingerprint density at radius 3 is 1.29 bits per heavy atom. The van der Waals surface area contributed by atoms with E-state index in [4.69, 9.17) is 10.2 Å². The number of phenolic OH excluding ortho intramolecular Hbond substituents is 1. The average molecular weight is 502 g/mol. The van der Waals surface area contributed by atoms with E-state index in [-0.39, 0.29) is 19.5 Å². The first kappa shape index (κ1) is 24.8. The van der Waals surface area contributed by atoms with Gasteiger partial charge in [0.1, 0.15) is 5.75 Å². The fourth-order valence-electron chi connectivity index (χ4n) is 3.37. The van der Waals surface area contributed by atoms with Crippen LogP contribution in [0, 0.1) is 0 Å². The van der Waals surface area contributed by atoms with Crippen molar-refractivity contribution in [2.24, 2.45) is 0 Å². The first-order valence-corrected chi connectivity index (χ1v) is 10.4. The van der Waals surface area contributed by atoms with E-state index >= 15 is 0 Å². The second kappa shape index (κ2) is 11.9. The Kier molecular flexibility index (Phi) is 8.68. The van der Waals surface area contributed by atoms with Crippen LogP contribution in [-0.2, 0) is 19.5 Å². The van der Waals surface area contributed by atoms with Crippen molar-refractivity contribution in [3.63, 3.8) is 0 Å². The molecular formula is C27H24N4O2Zn. The Balaban J connectivity index is 0.000000278. The maximum absolute atomic E-state index is 8.63. The van der Waals surface area contributed by atoms with E-state index in [2.05, 4.69) is 50.3 Å². The Morgan fingerprint density at radius 1 is 0.529 bits per heavy atom. The van der Waals surface area contributed by atoms with Gasteiger partial charge in [0.05, 0.1) is 22.8 Å². The Morgan fingerprint density at radius 2 is 0.912 bits per heavy atom. The quantitative estimate of drug-likeness (QED) is 0.202. The van der Waals surface area contributed by atoms with Crippen LogP contribution in [0.1, 0.15) is 22.8 Å². The molecule has 0 radical (unpaired) electrons. The smallest absolute Gasteiger partial charge is 0.115 e. The van der Waals surface area contributed by atoms with Gasteiger partial charge >= 0.3 is 0 Å². The van der Waals surface area contributed by atoms with Crippen molar-refractivity contribution in [1.82, 2.24) is 19.9 Å². The first-order valence-electron chi connectivity index (χ1n) is 10.4. The van der Waals surface area contributed by atoms with Gasteiger partial charge in [0.25, 0.3) is 0 Å². The minimum absolute atomic E-state index is 0. The van der Waals surface area contributed by atoms with Crippen LogP contribution in [0.3, 0.4) is 0 Å². The molecule has 1 aromatic carbocycles. The number of nitrogens with one attached hydrogen (secondary N) is 2. The van der Waals surface area contributed by atoms with Crippen LogP contribution < -0.4 is 0 Å². The van der Waals surface area contributed by atoms with E-state index < -0.39 is 0 Å². The van der Waals surface area contributed by atoms with Crippen molar-refractivity contribution in [3.8, 4) is 5.75 Å². The van der Waals surface area contributed by atoms with Crippen molar-refractivity contribution in [1.29, 1.82) is 0 Å². The minimum Gasteiger partial charge on any atom is -0.508 e. The number of aromatic hydroxyl groups is 1. The van der Waals surface area contributed by atoms with E-state index in [1.807, 2.05) is 48.6 Å². The van der Waals surface area contributed by atoms with Gasteiger partial charge in [-0.1, -0.05) is 18.2 Å². The summed E-state index contributed by atoms with van der Waals surface area (Å²) in [5.41, 5.74) is 7.86. The molecule has 0 fully saturated rings. The van der Waals surface area contributed by atoms with Crippen molar-refractivity contribution < 1.29 is 29.7 Å². The molecule has 2 aliphatic heterocycles. The molecule has 34 heavy (non-hydrogen) atoms. The number of fused-ring (bicyclic) bond motifs is 8. The van der Waals surface area contributed by atoms with E-state index in [1.54, 1.807) is 24.3 Å². The fourth-order valence-corrected chi connectivity index (χ4v) is 3.37. The molecule has 0 spiro atoms. The van der Waals surface area contributed by atoms with E-state index in [0.717, 1.165) is 52.0 Å². The van der Waals surface area contributed by atoms with E-state index in [1.165, 1.54) is 0 Å². The molecule has 4 aromatic rings. The maximum atomic E-state index is 8.63. The summed E-state index contributed by atoms with van der Waals surface area (Å²) in [4.78, 5) is 16.0. The molecular weight excluding hydrogens is 478 g/mol. The van der Waals surface area contributed by atoms with Crippen LogP contribution >= 0.6 is 0 Å². The summed E-state index contributed by atoms with van der Waals surface area (Å²) in [7, 11) is 1.00. The van der Waals surface area contributed by atoms with E-state index in [0.29, 0.717) is 5.75 Å². The molecule has 6 nitrogen and oxygen atoms in total. The summed E-state index contributed by atoms with van der Waals surface area (Å²) >= 11 is 0. The molecule has 4 N–H and O–H groups in total. The third-order valence-electron chi connectivity index (χ3n) is 4.80. The fraction of sp³-hybridized carbons (Fsp3) is 0.0370. The normalized spacial score (nSPS) is 10.9. The molecule has 0 aliphatic carbocycles. The Hall–Kier alpha value is -3.80. The standard InChI is InChI=1S/C20H14N4.C6H6O.CH4O.Zn/c1-2-14-10-16-5-6-18(23-16)12-20-8-7-19(24-20)11-17-4-3-15(22-17)9-13(1)21-14;7-6-4-2-1-3-5-6;1-2;/h1-12,21-22H;1-5,7H;2H,1H3;. The Labute approximate surface area is 210 Å². The monoisotopic (exact) mass is 500 g/mol. The summed E-state index contributed by atoms with van der Waals surface area (Å²) in [5, 5.41) is 15.6.